The molecule has 0 aromatic heterocycles. The number of nitrogens with one attached hydrogen (secondary N) is 1. The molecule has 0 saturated heterocycles. The second-order valence-corrected chi connectivity index (χ2v) is 8.99. The van der Waals surface area contributed by atoms with Gasteiger partial charge in [-0.25, -0.2) is 17.5 Å². The maximum absolute atomic E-state index is 13.5. The molecule has 2 aliphatic rings. The smallest absolute Gasteiger partial charge is 0.207 e. The Bertz CT molecular complexity index is 1140. The first kappa shape index (κ1) is 16.7. The molecule has 0 unspecified atom stereocenters. The van der Waals surface area contributed by atoms with Crippen LogP contribution in [0.2, 0.25) is 0 Å². The van der Waals surface area contributed by atoms with Gasteiger partial charge in [0, 0.05) is 12.0 Å². The molecule has 3 aromatic carbocycles. The van der Waals surface area contributed by atoms with E-state index < -0.39 is 10.0 Å². The summed E-state index contributed by atoms with van der Waals surface area (Å²) in [6.45, 7) is 0. The van der Waals surface area contributed by atoms with Gasteiger partial charge in [0.1, 0.15) is 5.82 Å². The van der Waals surface area contributed by atoms with Crippen molar-refractivity contribution >= 4 is 10.0 Å². The molecule has 1 fully saturated rings. The zero-order valence-corrected chi connectivity index (χ0v) is 15.3. The minimum absolute atomic E-state index is 0.0584. The van der Waals surface area contributed by atoms with Crippen molar-refractivity contribution in [1.82, 2.24) is 4.72 Å². The van der Waals surface area contributed by atoms with E-state index in [0.29, 0.717) is 6.42 Å². The zero-order chi connectivity index (χ0) is 18.6. The number of halogens is 1. The van der Waals surface area contributed by atoms with E-state index >= 15 is 0 Å². The Morgan fingerprint density at radius 1 is 0.889 bits per heavy atom. The number of benzene rings is 3. The van der Waals surface area contributed by atoms with Crippen LogP contribution in [0.1, 0.15) is 29.0 Å². The molecule has 0 bridgehead atoms. The van der Waals surface area contributed by atoms with Crippen molar-refractivity contribution in [2.24, 2.45) is 0 Å². The number of fused-ring (bicyclic) bond motifs is 3. The van der Waals surface area contributed by atoms with Gasteiger partial charge in [-0.1, -0.05) is 42.5 Å². The second-order valence-electron chi connectivity index (χ2n) is 7.28. The lowest BCUT2D eigenvalue weighted by Gasteiger charge is -2.09. The highest BCUT2D eigenvalue weighted by Crippen LogP contribution is 2.42. The largest absolute Gasteiger partial charge is 0.240 e. The maximum atomic E-state index is 13.5. The van der Waals surface area contributed by atoms with Gasteiger partial charge in [0.25, 0.3) is 0 Å². The van der Waals surface area contributed by atoms with Gasteiger partial charge in [0.2, 0.25) is 10.0 Å². The van der Waals surface area contributed by atoms with Crippen LogP contribution in [0.25, 0.3) is 11.1 Å². The maximum Gasteiger partial charge on any atom is 0.240 e. The number of rotatable bonds is 4. The topological polar surface area (TPSA) is 46.2 Å². The van der Waals surface area contributed by atoms with Gasteiger partial charge in [-0.3, -0.25) is 0 Å². The van der Waals surface area contributed by atoms with Crippen LogP contribution in [-0.4, -0.2) is 14.5 Å². The van der Waals surface area contributed by atoms with E-state index in [0.717, 1.165) is 34.2 Å². The van der Waals surface area contributed by atoms with E-state index in [1.165, 1.54) is 12.1 Å². The van der Waals surface area contributed by atoms with Gasteiger partial charge in [-0.2, -0.15) is 0 Å². The molecular weight excluding hydrogens is 361 g/mol. The van der Waals surface area contributed by atoms with Gasteiger partial charge < -0.3 is 0 Å². The van der Waals surface area contributed by atoms with Crippen molar-refractivity contribution in [3.63, 3.8) is 0 Å². The quantitative estimate of drug-likeness (QED) is 0.577. The van der Waals surface area contributed by atoms with E-state index in [-0.39, 0.29) is 22.7 Å². The molecule has 1 saturated carbocycles. The Labute approximate surface area is 157 Å². The molecule has 0 aliphatic heterocycles. The van der Waals surface area contributed by atoms with Crippen molar-refractivity contribution in [3.05, 3.63) is 89.2 Å². The summed E-state index contributed by atoms with van der Waals surface area (Å²) in [4.78, 5) is 0.272. The van der Waals surface area contributed by atoms with Crippen LogP contribution in [0, 0.1) is 5.82 Å². The molecular formula is C22H18FNO2S. The molecule has 5 heteroatoms. The number of hydrogen-bond acceptors (Lipinski definition) is 2. The van der Waals surface area contributed by atoms with Crippen LogP contribution in [0.5, 0.6) is 0 Å². The van der Waals surface area contributed by atoms with Crippen molar-refractivity contribution < 1.29 is 12.8 Å². The van der Waals surface area contributed by atoms with Gasteiger partial charge in [0.15, 0.2) is 0 Å². The SMILES string of the molecule is O=S(=O)(N[C@@H]1C[C@H]1c1ccccc1)c1ccc2c(c1)Cc1cc(F)ccc1-2. The Morgan fingerprint density at radius 3 is 2.37 bits per heavy atom. The summed E-state index contributed by atoms with van der Waals surface area (Å²) in [5, 5.41) is 0. The molecule has 136 valence electrons. The predicted molar refractivity (Wildman–Crippen MR) is 103 cm³/mol. The summed E-state index contributed by atoms with van der Waals surface area (Å²) in [7, 11) is -3.58. The molecule has 27 heavy (non-hydrogen) atoms. The standard InChI is InChI=1S/C22H18FNO2S/c23-17-6-8-19-15(11-17)10-16-12-18(7-9-20(16)19)27(25,26)24-22-13-21(22)14-4-2-1-3-5-14/h1-9,11-12,21-22,24H,10,13H2/t21-,22+/m0/s1. The lowest BCUT2D eigenvalue weighted by molar-refractivity contribution is 0.580. The summed E-state index contributed by atoms with van der Waals surface area (Å²) >= 11 is 0. The lowest BCUT2D eigenvalue weighted by atomic mass is 10.1. The minimum atomic E-state index is -3.58. The molecule has 0 amide bonds. The summed E-state index contributed by atoms with van der Waals surface area (Å²) < 4.78 is 41.9. The van der Waals surface area contributed by atoms with Gasteiger partial charge in [-0.05, 0) is 64.9 Å². The van der Waals surface area contributed by atoms with Gasteiger partial charge in [-0.15, -0.1) is 0 Å². The third-order valence-electron chi connectivity index (χ3n) is 5.45. The molecule has 3 nitrogen and oxygen atoms in total. The van der Waals surface area contributed by atoms with Crippen LogP contribution < -0.4 is 4.72 Å². The molecule has 2 aliphatic carbocycles. The van der Waals surface area contributed by atoms with Crippen molar-refractivity contribution in [2.75, 3.05) is 0 Å². The monoisotopic (exact) mass is 379 g/mol. The second kappa shape index (κ2) is 6.01. The van der Waals surface area contributed by atoms with Crippen LogP contribution in [0.3, 0.4) is 0 Å². The molecule has 2 atom stereocenters. The van der Waals surface area contributed by atoms with Crippen LogP contribution in [0.4, 0.5) is 4.39 Å². The molecule has 5 rings (SSSR count). The van der Waals surface area contributed by atoms with E-state index in [2.05, 4.69) is 4.72 Å². The fourth-order valence-electron chi connectivity index (χ4n) is 3.98. The molecule has 0 spiro atoms. The van der Waals surface area contributed by atoms with Crippen LogP contribution in [-0.2, 0) is 16.4 Å². The summed E-state index contributed by atoms with van der Waals surface area (Å²) in [5.74, 6) is -0.0283. The van der Waals surface area contributed by atoms with Crippen molar-refractivity contribution in [1.29, 1.82) is 0 Å². The third kappa shape index (κ3) is 2.97. The normalized spacial score (nSPS) is 20.2. The Kier molecular flexibility index (Phi) is 3.71. The van der Waals surface area contributed by atoms with E-state index in [1.54, 1.807) is 18.2 Å². The molecule has 3 aromatic rings. The predicted octanol–water partition coefficient (Wildman–Crippen LogP) is 4.23. The lowest BCUT2D eigenvalue weighted by Crippen LogP contribution is -2.27. The Morgan fingerprint density at radius 2 is 1.59 bits per heavy atom. The summed E-state index contributed by atoms with van der Waals surface area (Å²) in [6.07, 6.45) is 1.38. The fourth-order valence-corrected chi connectivity index (χ4v) is 5.32. The molecule has 0 heterocycles. The van der Waals surface area contributed by atoms with E-state index in [9.17, 15) is 12.8 Å². The van der Waals surface area contributed by atoms with Gasteiger partial charge >= 0.3 is 0 Å². The zero-order valence-electron chi connectivity index (χ0n) is 14.5. The van der Waals surface area contributed by atoms with Crippen LogP contribution >= 0.6 is 0 Å². The van der Waals surface area contributed by atoms with Crippen LogP contribution in [0.15, 0.2) is 71.6 Å². The highest BCUT2D eigenvalue weighted by molar-refractivity contribution is 7.89. The highest BCUT2D eigenvalue weighted by atomic mass is 32.2. The van der Waals surface area contributed by atoms with E-state index in [4.69, 9.17) is 0 Å². The Balaban J connectivity index is 1.38. The van der Waals surface area contributed by atoms with Crippen molar-refractivity contribution in [3.8, 4) is 11.1 Å². The fraction of sp³-hybridized carbons (Fsp3) is 0.182. The average molecular weight is 379 g/mol. The number of sulfonamides is 1. The molecule has 1 N–H and O–H groups in total. The van der Waals surface area contributed by atoms with Gasteiger partial charge in [0.05, 0.1) is 4.90 Å². The Hall–Kier alpha value is -2.50. The highest BCUT2D eigenvalue weighted by Gasteiger charge is 2.41. The third-order valence-corrected chi connectivity index (χ3v) is 6.94. The summed E-state index contributed by atoms with van der Waals surface area (Å²) in [5.41, 5.74) is 4.96. The van der Waals surface area contributed by atoms with E-state index in [1.807, 2.05) is 36.4 Å². The minimum Gasteiger partial charge on any atom is -0.207 e. The molecule has 0 radical (unpaired) electrons. The summed E-state index contributed by atoms with van der Waals surface area (Å²) in [6, 6.07) is 19.8. The first-order valence-corrected chi connectivity index (χ1v) is 10.5. The number of hydrogen-bond donors (Lipinski definition) is 1. The van der Waals surface area contributed by atoms with Crippen molar-refractivity contribution in [2.45, 2.75) is 29.7 Å². The average Bonchev–Trinajstić information content (AvgIpc) is 3.31. The first-order valence-electron chi connectivity index (χ1n) is 9.00. The first-order chi connectivity index (χ1) is 13.0.